The summed E-state index contributed by atoms with van der Waals surface area (Å²) in [7, 11) is 3.11. The summed E-state index contributed by atoms with van der Waals surface area (Å²) >= 11 is 0. The van der Waals surface area contributed by atoms with E-state index in [0.29, 0.717) is 5.92 Å². The minimum atomic E-state index is -0.319. The molecule has 1 aromatic rings. The predicted octanol–water partition coefficient (Wildman–Crippen LogP) is 2.84. The highest BCUT2D eigenvalue weighted by Gasteiger charge is 2.36. The van der Waals surface area contributed by atoms with E-state index in [0.717, 1.165) is 0 Å². The van der Waals surface area contributed by atoms with Gasteiger partial charge >= 0.3 is 5.97 Å². The maximum atomic E-state index is 11.2. The predicted molar refractivity (Wildman–Crippen MR) is 69.3 cm³/mol. The maximum absolute atomic E-state index is 11.2. The highest BCUT2D eigenvalue weighted by molar-refractivity contribution is 5.82. The molecule has 3 atom stereocenters. The van der Waals surface area contributed by atoms with Gasteiger partial charge < -0.3 is 9.47 Å². The van der Waals surface area contributed by atoms with Gasteiger partial charge in [-0.2, -0.15) is 0 Å². The number of esters is 1. The monoisotopic (exact) mass is 246 g/mol. The van der Waals surface area contributed by atoms with E-state index in [1.807, 2.05) is 18.2 Å². The Labute approximate surface area is 107 Å². The lowest BCUT2D eigenvalue weighted by atomic mass is 9.93. The molecule has 1 aromatic carbocycles. The Kier molecular flexibility index (Phi) is 3.82. The van der Waals surface area contributed by atoms with Gasteiger partial charge in [-0.1, -0.05) is 37.3 Å². The molecule has 0 aliphatic heterocycles. The summed E-state index contributed by atoms with van der Waals surface area (Å²) < 4.78 is 10.2. The Balaban J connectivity index is 2.32. The molecule has 3 nitrogen and oxygen atoms in total. The molecule has 1 aliphatic rings. The smallest absolute Gasteiger partial charge is 0.330 e. The summed E-state index contributed by atoms with van der Waals surface area (Å²) in [6.45, 7) is 2.14. The standard InChI is InChI=1S/C15H18O3/c1-10-11(8-9-14(16)17-2)12-6-4-5-7-13(12)15(10)18-3/h4-11,15H,1-3H3/t10-,11-,15+/m1/s1. The van der Waals surface area contributed by atoms with Crippen LogP contribution in [0.1, 0.15) is 30.1 Å². The second-order valence-corrected chi connectivity index (χ2v) is 4.55. The van der Waals surface area contributed by atoms with Gasteiger partial charge in [-0.05, 0) is 17.0 Å². The van der Waals surface area contributed by atoms with Gasteiger partial charge in [0.25, 0.3) is 0 Å². The van der Waals surface area contributed by atoms with Crippen LogP contribution in [-0.4, -0.2) is 20.2 Å². The molecule has 0 N–H and O–H groups in total. The van der Waals surface area contributed by atoms with E-state index in [9.17, 15) is 4.79 Å². The van der Waals surface area contributed by atoms with Crippen LogP contribution in [0.5, 0.6) is 0 Å². The molecular formula is C15H18O3. The van der Waals surface area contributed by atoms with Gasteiger partial charge in [0.1, 0.15) is 0 Å². The Morgan fingerprint density at radius 3 is 2.50 bits per heavy atom. The average molecular weight is 246 g/mol. The van der Waals surface area contributed by atoms with Crippen LogP contribution in [0.3, 0.4) is 0 Å². The SMILES string of the molecule is COC(=O)C=C[C@H]1c2ccccc2[C@@H](OC)[C@@H]1C. The third-order valence-electron chi connectivity index (χ3n) is 3.60. The van der Waals surface area contributed by atoms with Crippen molar-refractivity contribution in [3.05, 3.63) is 47.5 Å². The molecule has 0 saturated carbocycles. The highest BCUT2D eigenvalue weighted by Crippen LogP contribution is 2.47. The topological polar surface area (TPSA) is 35.5 Å². The molecule has 2 rings (SSSR count). The van der Waals surface area contributed by atoms with E-state index in [2.05, 4.69) is 23.8 Å². The number of rotatable bonds is 3. The van der Waals surface area contributed by atoms with Crippen molar-refractivity contribution in [2.24, 2.45) is 5.92 Å². The zero-order valence-electron chi connectivity index (χ0n) is 10.9. The minimum absolute atomic E-state index is 0.0912. The van der Waals surface area contributed by atoms with Crippen LogP contribution >= 0.6 is 0 Å². The lowest BCUT2D eigenvalue weighted by molar-refractivity contribution is -0.134. The quantitative estimate of drug-likeness (QED) is 0.607. The van der Waals surface area contributed by atoms with Crippen molar-refractivity contribution < 1.29 is 14.3 Å². The number of allylic oxidation sites excluding steroid dienone is 1. The number of hydrogen-bond acceptors (Lipinski definition) is 3. The normalized spacial score (nSPS) is 26.3. The molecule has 0 heterocycles. The van der Waals surface area contributed by atoms with E-state index in [4.69, 9.17) is 4.74 Å². The summed E-state index contributed by atoms with van der Waals surface area (Å²) in [5.74, 6) is 0.194. The molecule has 0 saturated heterocycles. The average Bonchev–Trinajstić information content (AvgIpc) is 2.67. The number of fused-ring (bicyclic) bond motifs is 1. The van der Waals surface area contributed by atoms with Gasteiger partial charge in [-0.25, -0.2) is 4.79 Å². The lowest BCUT2D eigenvalue weighted by Gasteiger charge is -2.17. The van der Waals surface area contributed by atoms with E-state index in [-0.39, 0.29) is 18.0 Å². The fourth-order valence-corrected chi connectivity index (χ4v) is 2.70. The summed E-state index contributed by atoms with van der Waals surface area (Å²) in [5.41, 5.74) is 2.45. The number of carbonyl (C=O) groups excluding carboxylic acids is 1. The van der Waals surface area contributed by atoms with Crippen molar-refractivity contribution in [2.45, 2.75) is 18.9 Å². The van der Waals surface area contributed by atoms with Gasteiger partial charge in [0, 0.05) is 19.1 Å². The number of carbonyl (C=O) groups is 1. The van der Waals surface area contributed by atoms with Crippen LogP contribution < -0.4 is 0 Å². The van der Waals surface area contributed by atoms with Crippen LogP contribution in [0, 0.1) is 5.92 Å². The first kappa shape index (κ1) is 12.8. The summed E-state index contributed by atoms with van der Waals surface area (Å²) in [6.07, 6.45) is 3.50. The second kappa shape index (κ2) is 5.36. The molecule has 1 aliphatic carbocycles. The van der Waals surface area contributed by atoms with Crippen LogP contribution in [0.2, 0.25) is 0 Å². The first-order valence-corrected chi connectivity index (χ1v) is 6.06. The van der Waals surface area contributed by atoms with E-state index in [1.165, 1.54) is 24.3 Å². The summed E-state index contributed by atoms with van der Waals surface area (Å²) in [6, 6.07) is 8.22. The molecule has 96 valence electrons. The molecule has 0 radical (unpaired) electrons. The van der Waals surface area contributed by atoms with Gasteiger partial charge in [0.15, 0.2) is 0 Å². The largest absolute Gasteiger partial charge is 0.466 e. The Morgan fingerprint density at radius 1 is 1.22 bits per heavy atom. The third kappa shape index (κ3) is 2.18. The van der Waals surface area contributed by atoms with Crippen LogP contribution in [0.25, 0.3) is 0 Å². The fraction of sp³-hybridized carbons (Fsp3) is 0.400. The minimum Gasteiger partial charge on any atom is -0.466 e. The first-order chi connectivity index (χ1) is 8.69. The zero-order valence-corrected chi connectivity index (χ0v) is 10.9. The van der Waals surface area contributed by atoms with Crippen molar-refractivity contribution in [3.8, 4) is 0 Å². The lowest BCUT2D eigenvalue weighted by Crippen LogP contribution is -2.09. The van der Waals surface area contributed by atoms with Crippen LogP contribution in [0.4, 0.5) is 0 Å². The molecule has 0 unspecified atom stereocenters. The highest BCUT2D eigenvalue weighted by atomic mass is 16.5. The zero-order chi connectivity index (χ0) is 13.1. The number of methoxy groups -OCH3 is 2. The summed E-state index contributed by atoms with van der Waals surface area (Å²) in [4.78, 5) is 11.2. The molecule has 0 spiro atoms. The molecule has 0 amide bonds. The van der Waals surface area contributed by atoms with Gasteiger partial charge in [0.05, 0.1) is 13.2 Å². The number of hydrogen-bond donors (Lipinski definition) is 0. The van der Waals surface area contributed by atoms with Crippen LogP contribution in [-0.2, 0) is 14.3 Å². The van der Waals surface area contributed by atoms with Crippen molar-refractivity contribution >= 4 is 5.97 Å². The van der Waals surface area contributed by atoms with E-state index in [1.54, 1.807) is 7.11 Å². The van der Waals surface area contributed by atoms with Crippen molar-refractivity contribution in [1.29, 1.82) is 0 Å². The van der Waals surface area contributed by atoms with Crippen molar-refractivity contribution in [2.75, 3.05) is 14.2 Å². The molecule has 0 aromatic heterocycles. The first-order valence-electron chi connectivity index (χ1n) is 6.06. The molecule has 3 heteroatoms. The maximum Gasteiger partial charge on any atom is 0.330 e. The van der Waals surface area contributed by atoms with E-state index >= 15 is 0 Å². The number of benzene rings is 1. The fourth-order valence-electron chi connectivity index (χ4n) is 2.70. The molecular weight excluding hydrogens is 228 g/mol. The van der Waals surface area contributed by atoms with Gasteiger partial charge in [-0.15, -0.1) is 0 Å². The van der Waals surface area contributed by atoms with Crippen molar-refractivity contribution in [1.82, 2.24) is 0 Å². The Hall–Kier alpha value is -1.61. The summed E-state index contributed by atoms with van der Waals surface area (Å²) in [5, 5.41) is 0. The van der Waals surface area contributed by atoms with Gasteiger partial charge in [-0.3, -0.25) is 0 Å². The van der Waals surface area contributed by atoms with Crippen LogP contribution in [0.15, 0.2) is 36.4 Å². The molecule has 18 heavy (non-hydrogen) atoms. The Bertz CT molecular complexity index is 465. The van der Waals surface area contributed by atoms with Gasteiger partial charge in [0.2, 0.25) is 0 Å². The third-order valence-corrected chi connectivity index (χ3v) is 3.60. The molecule has 0 fully saturated rings. The number of ether oxygens (including phenoxy) is 2. The van der Waals surface area contributed by atoms with E-state index < -0.39 is 0 Å². The Morgan fingerprint density at radius 2 is 1.89 bits per heavy atom. The van der Waals surface area contributed by atoms with Crippen molar-refractivity contribution in [3.63, 3.8) is 0 Å². The molecule has 0 bridgehead atoms. The second-order valence-electron chi connectivity index (χ2n) is 4.55.